The van der Waals surface area contributed by atoms with Gasteiger partial charge in [-0.1, -0.05) is 23.2 Å². The Bertz CT molecular complexity index is 476. The fraction of sp³-hybridized carbons (Fsp3) is 0.182. The van der Waals surface area contributed by atoms with Crippen molar-refractivity contribution in [2.75, 3.05) is 7.05 Å². The van der Waals surface area contributed by atoms with Crippen LogP contribution < -0.4 is 5.32 Å². The van der Waals surface area contributed by atoms with Gasteiger partial charge in [0.2, 0.25) is 0 Å². The van der Waals surface area contributed by atoms with Crippen molar-refractivity contribution in [2.24, 2.45) is 0 Å². The minimum Gasteiger partial charge on any atom is -0.443 e. The smallest absolute Gasteiger partial charge is 0.181 e. The maximum absolute atomic E-state index is 5.93. The molecule has 1 aromatic heterocycles. The maximum atomic E-state index is 5.93. The molecular weight excluding hydrogens is 247 g/mol. The summed E-state index contributed by atoms with van der Waals surface area (Å²) in [6.45, 7) is 0.635. The first-order valence-corrected chi connectivity index (χ1v) is 5.49. The summed E-state index contributed by atoms with van der Waals surface area (Å²) < 4.78 is 5.34. The van der Waals surface area contributed by atoms with Crippen molar-refractivity contribution in [3.8, 4) is 11.3 Å². The molecule has 0 amide bonds. The van der Waals surface area contributed by atoms with Crippen molar-refractivity contribution in [3.05, 3.63) is 40.3 Å². The summed E-state index contributed by atoms with van der Waals surface area (Å²) in [7, 11) is 1.85. The number of nitrogens with zero attached hydrogens (tertiary/aromatic N) is 1. The first-order valence-electron chi connectivity index (χ1n) is 4.74. The molecule has 84 valence electrons. The number of rotatable bonds is 3. The molecule has 0 fully saturated rings. The zero-order chi connectivity index (χ0) is 11.5. The summed E-state index contributed by atoms with van der Waals surface area (Å²) in [4.78, 5) is 4.13. The number of halogens is 2. The molecule has 5 heteroatoms. The predicted octanol–water partition coefficient (Wildman–Crippen LogP) is 3.37. The molecule has 0 bridgehead atoms. The molecule has 3 nitrogen and oxygen atoms in total. The van der Waals surface area contributed by atoms with E-state index in [2.05, 4.69) is 10.3 Å². The molecule has 0 aliphatic rings. The van der Waals surface area contributed by atoms with Crippen LogP contribution in [-0.4, -0.2) is 12.0 Å². The van der Waals surface area contributed by atoms with Gasteiger partial charge in [-0.15, -0.1) is 0 Å². The normalized spacial score (nSPS) is 10.7. The van der Waals surface area contributed by atoms with E-state index in [1.165, 1.54) is 6.39 Å². The SMILES string of the molecule is CNCc1ncoc1-c1cc(Cl)cc(Cl)c1. The topological polar surface area (TPSA) is 38.1 Å². The van der Waals surface area contributed by atoms with E-state index >= 15 is 0 Å². The van der Waals surface area contributed by atoms with Crippen LogP contribution in [0.1, 0.15) is 5.69 Å². The molecule has 0 aliphatic heterocycles. The van der Waals surface area contributed by atoms with Gasteiger partial charge in [0.15, 0.2) is 12.2 Å². The molecule has 0 radical (unpaired) electrons. The first kappa shape index (κ1) is 11.5. The van der Waals surface area contributed by atoms with E-state index in [1.54, 1.807) is 18.2 Å². The van der Waals surface area contributed by atoms with Crippen molar-refractivity contribution in [2.45, 2.75) is 6.54 Å². The third-order valence-corrected chi connectivity index (χ3v) is 2.55. The molecular formula is C11H10Cl2N2O. The second-order valence-electron chi connectivity index (χ2n) is 3.32. The number of benzene rings is 1. The van der Waals surface area contributed by atoms with Gasteiger partial charge in [-0.05, 0) is 25.2 Å². The Hall–Kier alpha value is -1.03. The van der Waals surface area contributed by atoms with Crippen molar-refractivity contribution >= 4 is 23.2 Å². The second-order valence-corrected chi connectivity index (χ2v) is 4.19. The van der Waals surface area contributed by atoms with Crippen LogP contribution in [0, 0.1) is 0 Å². The fourth-order valence-corrected chi connectivity index (χ4v) is 2.01. The summed E-state index contributed by atoms with van der Waals surface area (Å²) in [5.41, 5.74) is 1.67. The van der Waals surface area contributed by atoms with Crippen molar-refractivity contribution < 1.29 is 4.42 Å². The molecule has 0 spiro atoms. The highest BCUT2D eigenvalue weighted by molar-refractivity contribution is 6.35. The standard InChI is InChI=1S/C11H10Cl2N2O/c1-14-5-10-11(16-6-15-10)7-2-8(12)4-9(13)3-7/h2-4,6,14H,5H2,1H3. The highest BCUT2D eigenvalue weighted by Gasteiger charge is 2.11. The van der Waals surface area contributed by atoms with E-state index in [1.807, 2.05) is 7.05 Å². The van der Waals surface area contributed by atoms with Gasteiger partial charge in [0.05, 0.1) is 0 Å². The van der Waals surface area contributed by atoms with E-state index in [9.17, 15) is 0 Å². The summed E-state index contributed by atoms with van der Waals surface area (Å²) in [6, 6.07) is 5.28. The van der Waals surface area contributed by atoms with Crippen LogP contribution in [0.4, 0.5) is 0 Å². The molecule has 1 N–H and O–H groups in total. The van der Waals surface area contributed by atoms with Crippen molar-refractivity contribution in [1.29, 1.82) is 0 Å². The highest BCUT2D eigenvalue weighted by atomic mass is 35.5. The Labute approximate surface area is 103 Å². The average Bonchev–Trinajstić information content (AvgIpc) is 2.65. The van der Waals surface area contributed by atoms with Crippen LogP contribution in [0.5, 0.6) is 0 Å². The lowest BCUT2D eigenvalue weighted by Gasteiger charge is -2.02. The van der Waals surface area contributed by atoms with E-state index in [4.69, 9.17) is 27.6 Å². The van der Waals surface area contributed by atoms with Gasteiger partial charge < -0.3 is 9.73 Å². The van der Waals surface area contributed by atoms with E-state index < -0.39 is 0 Å². The van der Waals surface area contributed by atoms with Gasteiger partial charge in [-0.3, -0.25) is 0 Å². The molecule has 0 atom stereocenters. The number of oxazole rings is 1. The molecule has 0 saturated heterocycles. The molecule has 1 heterocycles. The zero-order valence-corrected chi connectivity index (χ0v) is 10.1. The minimum atomic E-state index is 0.578. The lowest BCUT2D eigenvalue weighted by atomic mass is 10.1. The maximum Gasteiger partial charge on any atom is 0.181 e. The monoisotopic (exact) mass is 256 g/mol. The molecule has 0 unspecified atom stereocenters. The highest BCUT2D eigenvalue weighted by Crippen LogP contribution is 2.29. The number of hydrogen-bond donors (Lipinski definition) is 1. The molecule has 2 aromatic rings. The third kappa shape index (κ3) is 2.38. The van der Waals surface area contributed by atoms with E-state index in [0.717, 1.165) is 11.3 Å². The zero-order valence-electron chi connectivity index (χ0n) is 8.63. The van der Waals surface area contributed by atoms with Crippen LogP contribution in [-0.2, 0) is 6.54 Å². The van der Waals surface area contributed by atoms with Crippen LogP contribution in [0.2, 0.25) is 10.0 Å². The fourth-order valence-electron chi connectivity index (χ4n) is 1.48. The van der Waals surface area contributed by atoms with E-state index in [-0.39, 0.29) is 0 Å². The Kier molecular flexibility index (Phi) is 3.49. The predicted molar refractivity (Wildman–Crippen MR) is 64.7 cm³/mol. The number of hydrogen-bond acceptors (Lipinski definition) is 3. The first-order chi connectivity index (χ1) is 7.70. The van der Waals surface area contributed by atoms with Crippen LogP contribution in [0.3, 0.4) is 0 Å². The molecule has 0 saturated carbocycles. The lowest BCUT2D eigenvalue weighted by molar-refractivity contribution is 0.570. The van der Waals surface area contributed by atoms with Crippen LogP contribution in [0.15, 0.2) is 29.0 Å². The van der Waals surface area contributed by atoms with Gasteiger partial charge in [-0.25, -0.2) is 4.98 Å². The van der Waals surface area contributed by atoms with Crippen molar-refractivity contribution in [1.82, 2.24) is 10.3 Å². The van der Waals surface area contributed by atoms with Gasteiger partial charge >= 0.3 is 0 Å². The molecule has 2 rings (SSSR count). The summed E-state index contributed by atoms with van der Waals surface area (Å²) in [6.07, 6.45) is 1.41. The molecule has 1 aromatic carbocycles. The minimum absolute atomic E-state index is 0.578. The Morgan fingerprint density at radius 3 is 2.56 bits per heavy atom. The Balaban J connectivity index is 2.45. The van der Waals surface area contributed by atoms with Crippen LogP contribution >= 0.6 is 23.2 Å². The van der Waals surface area contributed by atoms with E-state index in [0.29, 0.717) is 22.4 Å². The quantitative estimate of drug-likeness (QED) is 0.916. The second kappa shape index (κ2) is 4.87. The average molecular weight is 257 g/mol. The third-order valence-electron chi connectivity index (χ3n) is 2.11. The Morgan fingerprint density at radius 1 is 1.25 bits per heavy atom. The lowest BCUT2D eigenvalue weighted by Crippen LogP contribution is -2.06. The van der Waals surface area contributed by atoms with Gasteiger partial charge in [0, 0.05) is 22.2 Å². The number of aromatic nitrogens is 1. The summed E-state index contributed by atoms with van der Waals surface area (Å²) >= 11 is 11.9. The number of nitrogens with one attached hydrogen (secondary N) is 1. The molecule has 16 heavy (non-hydrogen) atoms. The van der Waals surface area contributed by atoms with Gasteiger partial charge in [-0.2, -0.15) is 0 Å². The van der Waals surface area contributed by atoms with Gasteiger partial charge in [0.25, 0.3) is 0 Å². The summed E-state index contributed by atoms with van der Waals surface area (Å²) in [5, 5.41) is 4.18. The van der Waals surface area contributed by atoms with Gasteiger partial charge in [0.1, 0.15) is 5.69 Å². The summed E-state index contributed by atoms with van der Waals surface area (Å²) in [5.74, 6) is 0.693. The van der Waals surface area contributed by atoms with Crippen LogP contribution in [0.25, 0.3) is 11.3 Å². The van der Waals surface area contributed by atoms with Crippen molar-refractivity contribution in [3.63, 3.8) is 0 Å². The Morgan fingerprint density at radius 2 is 1.94 bits per heavy atom. The largest absolute Gasteiger partial charge is 0.443 e. The molecule has 0 aliphatic carbocycles.